The second kappa shape index (κ2) is 11.4. The summed E-state index contributed by atoms with van der Waals surface area (Å²) >= 11 is 0. The van der Waals surface area contributed by atoms with Gasteiger partial charge in [-0.1, -0.05) is 19.1 Å². The van der Waals surface area contributed by atoms with Crippen LogP contribution in [0.25, 0.3) is 11.0 Å². The average molecular weight is 542 g/mol. The summed E-state index contributed by atoms with van der Waals surface area (Å²) in [5, 5.41) is 21.4. The second-order valence-corrected chi connectivity index (χ2v) is 9.66. The summed E-state index contributed by atoms with van der Waals surface area (Å²) < 4.78 is 56.6. The Kier molecular flexibility index (Phi) is 8.44. The van der Waals surface area contributed by atoms with E-state index in [0.29, 0.717) is 16.9 Å². The molecule has 0 bridgehead atoms. The normalized spacial score (nSPS) is 23.6. The summed E-state index contributed by atoms with van der Waals surface area (Å²) in [6.45, 7) is 1.53. The van der Waals surface area contributed by atoms with Gasteiger partial charge in [0.1, 0.15) is 36.7 Å². The SMILES string of the molecule is C[C@H]1[C@H](O)[C@@H](COC=[P+]([O-])OCC[C@H](O)c2cccc(C(F)(F)F)c2)O[C@H]1n1ccc2c(N)ncnc21. The lowest BCUT2D eigenvalue weighted by Gasteiger charge is -2.18. The van der Waals surface area contributed by atoms with Crippen LogP contribution in [-0.2, 0) is 20.2 Å². The van der Waals surface area contributed by atoms with Crippen LogP contribution in [0.4, 0.5) is 19.0 Å². The van der Waals surface area contributed by atoms with E-state index in [0.717, 1.165) is 18.1 Å². The van der Waals surface area contributed by atoms with Gasteiger partial charge in [0.05, 0.1) is 29.8 Å². The van der Waals surface area contributed by atoms with Gasteiger partial charge in [-0.25, -0.2) is 9.97 Å². The van der Waals surface area contributed by atoms with Gasteiger partial charge in [-0.2, -0.15) is 17.7 Å². The van der Waals surface area contributed by atoms with E-state index in [1.807, 2.05) is 6.92 Å². The zero-order valence-electron chi connectivity index (χ0n) is 19.7. The van der Waals surface area contributed by atoms with Crippen LogP contribution in [0.1, 0.15) is 36.8 Å². The monoisotopic (exact) mass is 542 g/mol. The zero-order valence-corrected chi connectivity index (χ0v) is 20.5. The maximum Gasteiger partial charge on any atom is 0.416 e. The number of benzene rings is 1. The fourth-order valence-corrected chi connectivity index (χ4v) is 4.67. The Hall–Kier alpha value is -2.64. The molecule has 0 amide bonds. The molecule has 1 aliphatic rings. The number of aromatic nitrogens is 3. The van der Waals surface area contributed by atoms with Gasteiger partial charge in [0.15, 0.2) is 0 Å². The van der Waals surface area contributed by atoms with Gasteiger partial charge in [0.25, 0.3) is 0 Å². The minimum absolute atomic E-state index is 0.0707. The predicted molar refractivity (Wildman–Crippen MR) is 127 cm³/mol. The number of hydrogen-bond acceptors (Lipinski definition) is 9. The summed E-state index contributed by atoms with van der Waals surface area (Å²) in [6.07, 6.45) is -4.87. The Labute approximate surface area is 211 Å². The minimum Gasteiger partial charge on any atom is -0.601 e. The van der Waals surface area contributed by atoms with Crippen LogP contribution < -0.4 is 10.6 Å². The molecule has 0 spiro atoms. The molecular formula is C23H26F3N4O6P. The molecule has 1 aromatic carbocycles. The first-order valence-electron chi connectivity index (χ1n) is 11.4. The summed E-state index contributed by atoms with van der Waals surface area (Å²) in [5.74, 6) is 0.970. The number of halogens is 3. The largest absolute Gasteiger partial charge is 0.601 e. The van der Waals surface area contributed by atoms with Crippen molar-refractivity contribution in [3.8, 4) is 0 Å². The number of hydrogen-bond donors (Lipinski definition) is 3. The van der Waals surface area contributed by atoms with Gasteiger partial charge < -0.3 is 34.9 Å². The maximum absolute atomic E-state index is 12.8. The number of aliphatic hydroxyl groups is 2. The highest BCUT2D eigenvalue weighted by molar-refractivity contribution is 7.44. The van der Waals surface area contributed by atoms with Crippen molar-refractivity contribution in [2.24, 2.45) is 5.92 Å². The number of anilines is 1. The molecule has 1 saturated heterocycles. The first-order chi connectivity index (χ1) is 17.6. The lowest BCUT2D eigenvalue weighted by Crippen LogP contribution is -2.29. The van der Waals surface area contributed by atoms with E-state index in [9.17, 15) is 28.3 Å². The molecule has 1 fully saturated rings. The molecule has 6 atom stereocenters. The van der Waals surface area contributed by atoms with Gasteiger partial charge in [-0.05, 0) is 23.8 Å². The fourth-order valence-electron chi connectivity index (χ4n) is 4.12. The van der Waals surface area contributed by atoms with Crippen LogP contribution in [0.15, 0.2) is 42.9 Å². The quantitative estimate of drug-likeness (QED) is 0.347. The van der Waals surface area contributed by atoms with E-state index in [4.69, 9.17) is 19.7 Å². The molecule has 0 saturated carbocycles. The lowest BCUT2D eigenvalue weighted by atomic mass is 10.0. The number of aliphatic hydroxyl groups excluding tert-OH is 2. The van der Waals surface area contributed by atoms with Crippen LogP contribution in [0.5, 0.6) is 0 Å². The van der Waals surface area contributed by atoms with Gasteiger partial charge >= 0.3 is 6.18 Å². The first-order valence-corrected chi connectivity index (χ1v) is 12.6. The molecule has 10 nitrogen and oxygen atoms in total. The molecule has 2 aromatic heterocycles. The number of fused-ring (bicyclic) bond motifs is 1. The van der Waals surface area contributed by atoms with Crippen LogP contribution in [0, 0.1) is 5.92 Å². The van der Waals surface area contributed by atoms with Crippen molar-refractivity contribution in [1.29, 1.82) is 0 Å². The summed E-state index contributed by atoms with van der Waals surface area (Å²) in [7, 11) is -2.39. The Morgan fingerprint density at radius 1 is 1.32 bits per heavy atom. The van der Waals surface area contributed by atoms with E-state index in [1.54, 1.807) is 16.8 Å². The molecule has 3 aromatic rings. The molecule has 37 heavy (non-hydrogen) atoms. The summed E-state index contributed by atoms with van der Waals surface area (Å²) in [4.78, 5) is 20.3. The highest BCUT2D eigenvalue weighted by Gasteiger charge is 2.42. The Morgan fingerprint density at radius 3 is 2.86 bits per heavy atom. The topological polar surface area (TPSA) is 148 Å². The van der Waals surface area contributed by atoms with E-state index in [1.165, 1.54) is 18.5 Å². The number of alkyl halides is 3. The molecule has 4 rings (SSSR count). The van der Waals surface area contributed by atoms with Crippen molar-refractivity contribution in [2.75, 3.05) is 18.9 Å². The highest BCUT2D eigenvalue weighted by atomic mass is 31.1. The average Bonchev–Trinajstić information content (AvgIpc) is 3.41. The van der Waals surface area contributed by atoms with Crippen molar-refractivity contribution in [2.45, 2.75) is 44.1 Å². The maximum atomic E-state index is 12.8. The van der Waals surface area contributed by atoms with Crippen LogP contribution in [0.2, 0.25) is 0 Å². The summed E-state index contributed by atoms with van der Waals surface area (Å²) in [6, 6.07) is 6.11. The van der Waals surface area contributed by atoms with Crippen molar-refractivity contribution < 1.29 is 42.3 Å². The highest BCUT2D eigenvalue weighted by Crippen LogP contribution is 2.37. The minimum atomic E-state index is -4.52. The molecule has 200 valence electrons. The number of nitrogens with zero attached hydrogens (tertiary/aromatic N) is 3. The van der Waals surface area contributed by atoms with Gasteiger partial charge in [0, 0.05) is 18.5 Å². The summed E-state index contributed by atoms with van der Waals surface area (Å²) in [5.41, 5.74) is 5.65. The molecule has 1 unspecified atom stereocenters. The van der Waals surface area contributed by atoms with Crippen LogP contribution >= 0.6 is 8.00 Å². The third kappa shape index (κ3) is 6.27. The Bertz CT molecular complexity index is 1260. The molecule has 0 aliphatic carbocycles. The van der Waals surface area contributed by atoms with E-state index < -0.39 is 44.3 Å². The number of nitrogens with two attached hydrogens (primary N) is 1. The van der Waals surface area contributed by atoms with E-state index >= 15 is 0 Å². The number of rotatable bonds is 9. The Balaban J connectivity index is 1.26. The van der Waals surface area contributed by atoms with E-state index in [-0.39, 0.29) is 31.1 Å². The van der Waals surface area contributed by atoms with Crippen molar-refractivity contribution in [1.82, 2.24) is 14.5 Å². The Morgan fingerprint density at radius 2 is 2.11 bits per heavy atom. The zero-order chi connectivity index (χ0) is 26.7. The fraction of sp³-hybridized carbons (Fsp3) is 0.435. The first kappa shape index (κ1) is 27.4. The third-order valence-corrected chi connectivity index (χ3v) is 6.89. The molecule has 1 aliphatic heterocycles. The molecule has 4 N–H and O–H groups in total. The standard InChI is InChI=1S/C23H26F3N4O6P/c1-13-19(32)18(36-22(13)30-7-5-16-20(27)28-11-29-21(16)30)10-34-12-37(33)35-8-6-17(31)14-3-2-4-15(9-14)23(24,25)26/h2-5,7,9,11-13,17-19,22,31-32H,6,8,10H2,1H3,(H2,27,28,29)/t13-,17-,18+,19-,22+/m0/s1. The van der Waals surface area contributed by atoms with Gasteiger partial charge in [-0.15, -0.1) is 0 Å². The van der Waals surface area contributed by atoms with Crippen molar-refractivity contribution in [3.05, 3.63) is 54.0 Å². The number of ether oxygens (including phenoxy) is 2. The van der Waals surface area contributed by atoms with Crippen LogP contribution in [0.3, 0.4) is 0 Å². The van der Waals surface area contributed by atoms with Crippen LogP contribution in [-0.4, -0.2) is 56.2 Å². The van der Waals surface area contributed by atoms with Crippen molar-refractivity contribution >= 4 is 30.8 Å². The predicted octanol–water partition coefficient (Wildman–Crippen LogP) is 2.52. The smallest absolute Gasteiger partial charge is 0.416 e. The van der Waals surface area contributed by atoms with Gasteiger partial charge in [-0.3, -0.25) is 0 Å². The molecule has 3 heterocycles. The third-order valence-electron chi connectivity index (χ3n) is 6.13. The van der Waals surface area contributed by atoms with Gasteiger partial charge in [0.2, 0.25) is 14.0 Å². The lowest BCUT2D eigenvalue weighted by molar-refractivity contribution is -0.173. The molecular weight excluding hydrogens is 516 g/mol. The van der Waals surface area contributed by atoms with E-state index in [2.05, 4.69) is 9.97 Å². The molecule has 14 heteroatoms. The number of nitrogen functional groups attached to an aromatic ring is 1. The molecule has 0 radical (unpaired) electrons. The van der Waals surface area contributed by atoms with Crippen molar-refractivity contribution in [3.63, 3.8) is 0 Å². The second-order valence-electron chi connectivity index (χ2n) is 8.62.